The van der Waals surface area contributed by atoms with Crippen molar-refractivity contribution in [2.24, 2.45) is 0 Å². The van der Waals surface area contributed by atoms with Gasteiger partial charge in [-0.15, -0.1) is 0 Å². The van der Waals surface area contributed by atoms with Crippen LogP contribution in [0.1, 0.15) is 11.4 Å². The van der Waals surface area contributed by atoms with Crippen LogP contribution < -0.4 is 5.56 Å². The Labute approximate surface area is 204 Å². The maximum Gasteiger partial charge on any atom is 0.271 e. The molecule has 164 valence electrons. The van der Waals surface area contributed by atoms with E-state index in [4.69, 9.17) is 11.6 Å². The molecule has 0 N–H and O–H groups in total. The molecule has 0 aliphatic heterocycles. The normalized spacial score (nSPS) is 11.2. The largest absolute Gasteiger partial charge is 0.271 e. The molecule has 0 amide bonds. The van der Waals surface area contributed by atoms with E-state index in [0.29, 0.717) is 16.5 Å². The molecule has 0 bridgehead atoms. The summed E-state index contributed by atoms with van der Waals surface area (Å²) in [6.07, 6.45) is 3.12. The van der Waals surface area contributed by atoms with Crippen LogP contribution in [0.4, 0.5) is 11.4 Å². The van der Waals surface area contributed by atoms with Crippen LogP contribution in [-0.4, -0.2) is 19.4 Å². The molecular weight excluding hydrogens is 563 g/mol. The van der Waals surface area contributed by atoms with Crippen molar-refractivity contribution in [3.63, 3.8) is 0 Å². The second kappa shape index (κ2) is 9.08. The number of benzene rings is 3. The van der Waals surface area contributed by atoms with Crippen LogP contribution in [0.15, 0.2) is 65.5 Å². The van der Waals surface area contributed by atoms with Crippen molar-refractivity contribution < 1.29 is 9.85 Å². The molecule has 0 fully saturated rings. The second-order valence-corrected chi connectivity index (χ2v) is 8.50. The monoisotopic (exact) mass is 574 g/mol. The smallest absolute Gasteiger partial charge is 0.268 e. The average molecular weight is 575 g/mol. The van der Waals surface area contributed by atoms with Gasteiger partial charge in [-0.2, -0.15) is 0 Å². The van der Waals surface area contributed by atoms with Gasteiger partial charge in [0.15, 0.2) is 0 Å². The van der Waals surface area contributed by atoms with Crippen molar-refractivity contribution in [1.82, 2.24) is 9.55 Å². The number of nitro groups is 2. The Bertz CT molecular complexity index is 1530. The first-order chi connectivity index (χ1) is 15.7. The number of rotatable bonds is 5. The van der Waals surface area contributed by atoms with Crippen molar-refractivity contribution in [3.8, 4) is 5.69 Å². The van der Waals surface area contributed by atoms with Crippen LogP contribution in [0.5, 0.6) is 0 Å². The summed E-state index contributed by atoms with van der Waals surface area (Å²) in [5, 5.41) is 22.5. The van der Waals surface area contributed by atoms with Gasteiger partial charge in [0.05, 0.1) is 31.5 Å². The lowest BCUT2D eigenvalue weighted by atomic mass is 10.1. The molecule has 4 aromatic rings. The van der Waals surface area contributed by atoms with E-state index in [1.807, 2.05) is 6.07 Å². The lowest BCUT2D eigenvalue weighted by Gasteiger charge is -2.13. The van der Waals surface area contributed by atoms with Crippen molar-refractivity contribution in [3.05, 3.63) is 111 Å². The molecule has 33 heavy (non-hydrogen) atoms. The molecule has 0 atom stereocenters. The van der Waals surface area contributed by atoms with Crippen molar-refractivity contribution in [2.75, 3.05) is 0 Å². The van der Waals surface area contributed by atoms with Gasteiger partial charge in [0.25, 0.3) is 16.9 Å². The fourth-order valence-corrected chi connectivity index (χ4v) is 3.97. The predicted molar refractivity (Wildman–Crippen MR) is 134 cm³/mol. The van der Waals surface area contributed by atoms with E-state index >= 15 is 0 Å². The number of nitro benzene ring substituents is 2. The van der Waals surface area contributed by atoms with Gasteiger partial charge < -0.3 is 0 Å². The van der Waals surface area contributed by atoms with Crippen LogP contribution >= 0.6 is 34.2 Å². The number of hydrogen-bond acceptors (Lipinski definition) is 6. The van der Waals surface area contributed by atoms with Crippen LogP contribution in [0.2, 0.25) is 5.02 Å². The van der Waals surface area contributed by atoms with Gasteiger partial charge in [0, 0.05) is 27.8 Å². The molecule has 0 aliphatic rings. The minimum absolute atomic E-state index is 0.00285. The highest BCUT2D eigenvalue weighted by Gasteiger charge is 2.17. The highest BCUT2D eigenvalue weighted by Crippen LogP contribution is 2.27. The number of aromatic nitrogens is 2. The third kappa shape index (κ3) is 4.61. The highest BCUT2D eigenvalue weighted by atomic mass is 127. The Morgan fingerprint density at radius 2 is 1.67 bits per heavy atom. The Balaban J connectivity index is 1.95. The molecule has 0 radical (unpaired) electrons. The Kier molecular flexibility index (Phi) is 6.20. The lowest BCUT2D eigenvalue weighted by molar-refractivity contribution is -0.385. The van der Waals surface area contributed by atoms with E-state index in [1.165, 1.54) is 34.9 Å². The first-order valence-electron chi connectivity index (χ1n) is 9.34. The Morgan fingerprint density at radius 3 is 2.36 bits per heavy atom. The average Bonchev–Trinajstić information content (AvgIpc) is 2.79. The van der Waals surface area contributed by atoms with Gasteiger partial charge in [0.2, 0.25) is 0 Å². The molecule has 4 rings (SSSR count). The zero-order valence-corrected chi connectivity index (χ0v) is 19.4. The molecule has 3 aromatic carbocycles. The van der Waals surface area contributed by atoms with Crippen molar-refractivity contribution >= 4 is 68.6 Å². The molecule has 9 nitrogen and oxygen atoms in total. The SMILES string of the molecule is O=c1c2cc(I)ccc2nc(/C=C/c2cccc([N+](=O)[O-])c2)n1-c1ccc([N+](=O)[O-])cc1Cl. The van der Waals surface area contributed by atoms with Gasteiger partial charge in [-0.3, -0.25) is 29.6 Å². The molecule has 1 aromatic heterocycles. The minimum atomic E-state index is -0.581. The van der Waals surface area contributed by atoms with Crippen molar-refractivity contribution in [2.45, 2.75) is 0 Å². The van der Waals surface area contributed by atoms with Gasteiger partial charge in [0.1, 0.15) is 5.82 Å². The van der Waals surface area contributed by atoms with Gasteiger partial charge in [-0.1, -0.05) is 29.8 Å². The zero-order valence-electron chi connectivity index (χ0n) is 16.5. The van der Waals surface area contributed by atoms with E-state index in [9.17, 15) is 25.0 Å². The summed E-state index contributed by atoms with van der Waals surface area (Å²) < 4.78 is 2.10. The molecule has 0 unspecified atom stereocenters. The summed E-state index contributed by atoms with van der Waals surface area (Å²) in [5.41, 5.74) is 0.505. The molecule has 0 spiro atoms. The second-order valence-electron chi connectivity index (χ2n) is 6.85. The molecule has 0 aliphatic carbocycles. The number of nitrogens with zero attached hydrogens (tertiary/aromatic N) is 4. The van der Waals surface area contributed by atoms with Gasteiger partial charge >= 0.3 is 0 Å². The topological polar surface area (TPSA) is 121 Å². The summed E-state index contributed by atoms with van der Waals surface area (Å²) in [5.74, 6) is 0.205. The van der Waals surface area contributed by atoms with Crippen molar-refractivity contribution in [1.29, 1.82) is 0 Å². The van der Waals surface area contributed by atoms with E-state index in [2.05, 4.69) is 27.6 Å². The lowest BCUT2D eigenvalue weighted by Crippen LogP contribution is -2.22. The maximum absolute atomic E-state index is 13.4. The number of non-ortho nitro benzene ring substituents is 2. The van der Waals surface area contributed by atoms with Gasteiger partial charge in [-0.25, -0.2) is 4.98 Å². The summed E-state index contributed by atoms with van der Waals surface area (Å²) >= 11 is 8.40. The first kappa shape index (κ1) is 22.6. The van der Waals surface area contributed by atoms with E-state index in [0.717, 1.165) is 9.64 Å². The summed E-state index contributed by atoms with van der Waals surface area (Å²) in [7, 11) is 0. The molecular formula is C22H12ClIN4O5. The third-order valence-electron chi connectivity index (χ3n) is 4.75. The maximum atomic E-state index is 13.4. The fourth-order valence-electron chi connectivity index (χ4n) is 3.22. The van der Waals surface area contributed by atoms with E-state index in [1.54, 1.807) is 30.3 Å². The van der Waals surface area contributed by atoms with E-state index < -0.39 is 15.4 Å². The minimum Gasteiger partial charge on any atom is -0.268 e. The van der Waals surface area contributed by atoms with Crippen LogP contribution in [0.25, 0.3) is 28.7 Å². The Morgan fingerprint density at radius 1 is 0.939 bits per heavy atom. The number of fused-ring (bicyclic) bond motifs is 1. The van der Waals surface area contributed by atoms with Crippen LogP contribution in [0.3, 0.4) is 0 Å². The number of halogens is 2. The predicted octanol–water partition coefficient (Wildman–Crippen LogP) is 5.63. The zero-order chi connectivity index (χ0) is 23.7. The third-order valence-corrected chi connectivity index (χ3v) is 5.72. The highest BCUT2D eigenvalue weighted by molar-refractivity contribution is 14.1. The van der Waals surface area contributed by atoms with Crippen LogP contribution in [-0.2, 0) is 0 Å². The quantitative estimate of drug-likeness (QED) is 0.173. The van der Waals surface area contributed by atoms with Gasteiger partial charge in [-0.05, 0) is 58.5 Å². The fraction of sp³-hybridized carbons (Fsp3) is 0. The number of hydrogen-bond donors (Lipinski definition) is 0. The molecule has 1 heterocycles. The van der Waals surface area contributed by atoms with Crippen LogP contribution in [0, 0.1) is 23.8 Å². The summed E-state index contributed by atoms with van der Waals surface area (Å²) in [6.45, 7) is 0. The Hall–Kier alpha value is -3.64. The molecule has 11 heteroatoms. The molecule has 0 saturated heterocycles. The van der Waals surface area contributed by atoms with E-state index in [-0.39, 0.29) is 27.9 Å². The molecule has 0 saturated carbocycles. The summed E-state index contributed by atoms with van der Waals surface area (Å²) in [6, 6.07) is 15.0. The standard InChI is InChI=1S/C22H12ClIN4O5/c23-18-12-16(28(32)33)6-8-20(18)26-21(9-4-13-2-1-3-15(10-13)27(30)31)25-19-7-5-14(24)11-17(19)22(26)29/h1-12H/b9-4+. The summed E-state index contributed by atoms with van der Waals surface area (Å²) in [4.78, 5) is 39.1. The first-order valence-corrected chi connectivity index (χ1v) is 10.8.